The van der Waals surface area contributed by atoms with Crippen molar-refractivity contribution in [2.75, 3.05) is 0 Å². The fraction of sp³-hybridized carbons (Fsp3) is 0.208. The summed E-state index contributed by atoms with van der Waals surface area (Å²) in [4.78, 5) is 0. The van der Waals surface area contributed by atoms with Crippen LogP contribution in [0, 0.1) is 5.82 Å². The van der Waals surface area contributed by atoms with Gasteiger partial charge in [-0.3, -0.25) is 4.68 Å². The lowest BCUT2D eigenvalue weighted by molar-refractivity contribution is 0.627. The van der Waals surface area contributed by atoms with Crippen LogP contribution in [0.2, 0.25) is 0 Å². The Morgan fingerprint density at radius 3 is 2.38 bits per heavy atom. The van der Waals surface area contributed by atoms with Gasteiger partial charge in [-0.05, 0) is 54.7 Å². The normalized spacial score (nSPS) is 12.1. The van der Waals surface area contributed by atoms with Crippen LogP contribution in [0.15, 0.2) is 73.1 Å². The summed E-state index contributed by atoms with van der Waals surface area (Å²) in [5.41, 5.74) is 6.20. The molecule has 0 fully saturated rings. The SMILES string of the molecule is CC(CCc1c(-c2ccnnc2)c(-c2ccc(F)cc2)nn1C)c1ccccc1. The molecule has 0 saturated heterocycles. The predicted molar refractivity (Wildman–Crippen MR) is 113 cm³/mol. The monoisotopic (exact) mass is 386 g/mol. The van der Waals surface area contributed by atoms with E-state index in [0.717, 1.165) is 40.9 Å². The van der Waals surface area contributed by atoms with Crippen molar-refractivity contribution in [2.45, 2.75) is 25.7 Å². The van der Waals surface area contributed by atoms with E-state index in [4.69, 9.17) is 5.10 Å². The first-order valence-electron chi connectivity index (χ1n) is 9.77. The molecule has 146 valence electrons. The van der Waals surface area contributed by atoms with Crippen LogP contribution in [-0.4, -0.2) is 20.0 Å². The van der Waals surface area contributed by atoms with Crippen LogP contribution in [-0.2, 0) is 13.5 Å². The Bertz CT molecular complexity index is 1070. The Hall–Kier alpha value is -3.34. The highest BCUT2D eigenvalue weighted by atomic mass is 19.1. The largest absolute Gasteiger partial charge is 0.271 e. The molecule has 29 heavy (non-hydrogen) atoms. The molecule has 4 aromatic rings. The molecule has 5 heteroatoms. The summed E-state index contributed by atoms with van der Waals surface area (Å²) in [7, 11) is 1.97. The molecule has 2 aromatic carbocycles. The predicted octanol–water partition coefficient (Wildman–Crippen LogP) is 5.42. The Morgan fingerprint density at radius 2 is 1.69 bits per heavy atom. The lowest BCUT2D eigenvalue weighted by Crippen LogP contribution is -2.03. The molecule has 0 aliphatic heterocycles. The highest BCUT2D eigenvalue weighted by Crippen LogP contribution is 2.35. The molecule has 0 aliphatic carbocycles. The van der Waals surface area contributed by atoms with E-state index in [9.17, 15) is 4.39 Å². The molecule has 4 rings (SSSR count). The zero-order valence-corrected chi connectivity index (χ0v) is 16.6. The number of hydrogen-bond acceptors (Lipinski definition) is 3. The van der Waals surface area contributed by atoms with E-state index >= 15 is 0 Å². The van der Waals surface area contributed by atoms with E-state index in [1.165, 1.54) is 17.7 Å². The van der Waals surface area contributed by atoms with E-state index in [2.05, 4.69) is 41.4 Å². The molecular formula is C24H23FN4. The topological polar surface area (TPSA) is 43.6 Å². The van der Waals surface area contributed by atoms with E-state index in [-0.39, 0.29) is 5.82 Å². The smallest absolute Gasteiger partial charge is 0.123 e. The molecule has 2 heterocycles. The van der Waals surface area contributed by atoms with Gasteiger partial charge >= 0.3 is 0 Å². The van der Waals surface area contributed by atoms with Crippen molar-refractivity contribution in [1.29, 1.82) is 0 Å². The quantitative estimate of drug-likeness (QED) is 0.444. The van der Waals surface area contributed by atoms with Crippen molar-refractivity contribution in [3.05, 3.63) is 90.1 Å². The second-order valence-corrected chi connectivity index (χ2v) is 7.28. The van der Waals surface area contributed by atoms with Gasteiger partial charge in [-0.1, -0.05) is 37.3 Å². The van der Waals surface area contributed by atoms with Crippen LogP contribution in [0.4, 0.5) is 4.39 Å². The molecule has 0 N–H and O–H groups in total. The van der Waals surface area contributed by atoms with Gasteiger partial charge in [0.15, 0.2) is 0 Å². The molecule has 0 bridgehead atoms. The summed E-state index contributed by atoms with van der Waals surface area (Å²) < 4.78 is 15.4. The fourth-order valence-corrected chi connectivity index (χ4v) is 3.70. The first-order chi connectivity index (χ1) is 14.1. The minimum atomic E-state index is -0.256. The molecule has 0 saturated carbocycles. The minimum Gasteiger partial charge on any atom is -0.271 e. The molecule has 0 aliphatic rings. The van der Waals surface area contributed by atoms with Gasteiger partial charge in [0.2, 0.25) is 0 Å². The molecule has 4 nitrogen and oxygen atoms in total. The molecule has 0 spiro atoms. The zero-order chi connectivity index (χ0) is 20.2. The van der Waals surface area contributed by atoms with Crippen LogP contribution in [0.25, 0.3) is 22.4 Å². The van der Waals surface area contributed by atoms with Crippen molar-refractivity contribution in [3.8, 4) is 22.4 Å². The second-order valence-electron chi connectivity index (χ2n) is 7.28. The molecule has 0 amide bonds. The van der Waals surface area contributed by atoms with E-state index in [1.807, 2.05) is 23.9 Å². The van der Waals surface area contributed by atoms with E-state index < -0.39 is 0 Å². The van der Waals surface area contributed by atoms with Crippen molar-refractivity contribution in [1.82, 2.24) is 20.0 Å². The number of hydrogen-bond donors (Lipinski definition) is 0. The average molecular weight is 386 g/mol. The molecule has 1 atom stereocenters. The summed E-state index contributed by atoms with van der Waals surface area (Å²) in [6.45, 7) is 2.25. The Balaban J connectivity index is 1.72. The lowest BCUT2D eigenvalue weighted by atomic mass is 9.92. The van der Waals surface area contributed by atoms with Gasteiger partial charge in [-0.2, -0.15) is 15.3 Å². The summed E-state index contributed by atoms with van der Waals surface area (Å²) in [6, 6.07) is 19.0. The minimum absolute atomic E-state index is 0.256. The maximum absolute atomic E-state index is 13.4. The van der Waals surface area contributed by atoms with Crippen molar-refractivity contribution in [3.63, 3.8) is 0 Å². The van der Waals surface area contributed by atoms with Gasteiger partial charge in [-0.25, -0.2) is 4.39 Å². The van der Waals surface area contributed by atoms with Crippen molar-refractivity contribution < 1.29 is 4.39 Å². The number of benzene rings is 2. The second kappa shape index (κ2) is 8.35. The van der Waals surface area contributed by atoms with Crippen molar-refractivity contribution >= 4 is 0 Å². The first-order valence-corrected chi connectivity index (χ1v) is 9.77. The summed E-state index contributed by atoms with van der Waals surface area (Å²) >= 11 is 0. The molecular weight excluding hydrogens is 363 g/mol. The zero-order valence-electron chi connectivity index (χ0n) is 16.6. The highest BCUT2D eigenvalue weighted by Gasteiger charge is 2.20. The number of halogens is 1. The van der Waals surface area contributed by atoms with Crippen LogP contribution in [0.3, 0.4) is 0 Å². The maximum Gasteiger partial charge on any atom is 0.123 e. The van der Waals surface area contributed by atoms with Crippen LogP contribution < -0.4 is 0 Å². The third-order valence-electron chi connectivity index (χ3n) is 5.34. The number of aryl methyl sites for hydroxylation is 1. The van der Waals surface area contributed by atoms with E-state index in [0.29, 0.717) is 5.92 Å². The standard InChI is InChI=1S/C24H23FN4/c1-17(18-6-4-3-5-7-18)8-13-22-23(20-14-15-26-27-16-20)24(28-29(22)2)19-9-11-21(25)12-10-19/h3-7,9-12,14-17H,8,13H2,1-2H3. The van der Waals surface area contributed by atoms with E-state index in [1.54, 1.807) is 24.5 Å². The van der Waals surface area contributed by atoms with Gasteiger partial charge in [0.1, 0.15) is 11.5 Å². The van der Waals surface area contributed by atoms with Gasteiger partial charge in [-0.15, -0.1) is 0 Å². The summed E-state index contributed by atoms with van der Waals surface area (Å²) in [5, 5.41) is 12.7. The fourth-order valence-electron chi connectivity index (χ4n) is 3.70. The number of aromatic nitrogens is 4. The Morgan fingerprint density at radius 1 is 0.931 bits per heavy atom. The van der Waals surface area contributed by atoms with Gasteiger partial charge in [0, 0.05) is 29.4 Å². The number of rotatable bonds is 6. The van der Waals surface area contributed by atoms with Gasteiger partial charge in [0.25, 0.3) is 0 Å². The molecule has 2 aromatic heterocycles. The third kappa shape index (κ3) is 4.09. The first kappa shape index (κ1) is 19.0. The Kier molecular flexibility index (Phi) is 5.47. The summed E-state index contributed by atoms with van der Waals surface area (Å²) in [5.74, 6) is 0.178. The Labute approximate surface area is 170 Å². The van der Waals surface area contributed by atoms with Gasteiger partial charge in [0.05, 0.1) is 12.4 Å². The van der Waals surface area contributed by atoms with Crippen molar-refractivity contribution in [2.24, 2.45) is 7.05 Å². The molecule has 1 unspecified atom stereocenters. The summed E-state index contributed by atoms with van der Waals surface area (Å²) in [6.07, 6.45) is 5.32. The van der Waals surface area contributed by atoms with Crippen LogP contribution in [0.5, 0.6) is 0 Å². The lowest BCUT2D eigenvalue weighted by Gasteiger charge is -2.13. The maximum atomic E-state index is 13.4. The number of nitrogens with zero attached hydrogens (tertiary/aromatic N) is 4. The van der Waals surface area contributed by atoms with Crippen LogP contribution >= 0.6 is 0 Å². The third-order valence-corrected chi connectivity index (χ3v) is 5.34. The average Bonchev–Trinajstić information content (AvgIpc) is 3.10. The molecule has 0 radical (unpaired) electrons. The van der Waals surface area contributed by atoms with Gasteiger partial charge < -0.3 is 0 Å². The highest BCUT2D eigenvalue weighted by molar-refractivity contribution is 5.82. The van der Waals surface area contributed by atoms with Crippen LogP contribution in [0.1, 0.15) is 30.5 Å².